The Labute approximate surface area is 129 Å². The van der Waals surface area contributed by atoms with Gasteiger partial charge in [0, 0.05) is 30.9 Å². The number of aromatic amines is 1. The van der Waals surface area contributed by atoms with Gasteiger partial charge in [0.15, 0.2) is 0 Å². The van der Waals surface area contributed by atoms with Crippen LogP contribution in [0.5, 0.6) is 0 Å². The minimum atomic E-state index is -0.105. The molecule has 2 aromatic heterocycles. The van der Waals surface area contributed by atoms with Gasteiger partial charge in [0.2, 0.25) is 0 Å². The number of aromatic nitrogens is 4. The molecule has 0 radical (unpaired) electrons. The van der Waals surface area contributed by atoms with Crippen LogP contribution >= 0.6 is 0 Å². The third kappa shape index (κ3) is 2.76. The molecule has 7 heteroatoms. The molecule has 118 valence electrons. The number of rotatable bonds is 3. The third-order valence-electron chi connectivity index (χ3n) is 4.22. The zero-order valence-electron chi connectivity index (χ0n) is 13.2. The minimum absolute atomic E-state index is 0.105. The topological polar surface area (TPSA) is 87.6 Å². The molecule has 0 aliphatic carbocycles. The first kappa shape index (κ1) is 14.8. The van der Waals surface area contributed by atoms with Crippen LogP contribution in [0.3, 0.4) is 0 Å². The standard InChI is InChI=1S/C15H22N6O/c1-9-14(10(2)21(3)20-9)12-7-13(19-18-12)15(22)17-11-5-4-6-16-8-11/h7,11,16H,4-6,8H2,1-3H3,(H,17,22)(H,18,19)/t11-/m0/s1. The number of piperidine rings is 1. The summed E-state index contributed by atoms with van der Waals surface area (Å²) in [5.74, 6) is -0.105. The average Bonchev–Trinajstić information content (AvgIpc) is 3.06. The molecule has 1 amide bonds. The summed E-state index contributed by atoms with van der Waals surface area (Å²) in [6.45, 7) is 5.80. The molecule has 0 bridgehead atoms. The maximum Gasteiger partial charge on any atom is 0.269 e. The van der Waals surface area contributed by atoms with Gasteiger partial charge in [-0.25, -0.2) is 0 Å². The lowest BCUT2D eigenvalue weighted by Crippen LogP contribution is -2.45. The Morgan fingerprint density at radius 1 is 1.45 bits per heavy atom. The first-order valence-electron chi connectivity index (χ1n) is 7.64. The van der Waals surface area contributed by atoms with Gasteiger partial charge in [0.05, 0.1) is 11.4 Å². The van der Waals surface area contributed by atoms with Crippen LogP contribution < -0.4 is 10.6 Å². The van der Waals surface area contributed by atoms with Crippen molar-refractivity contribution >= 4 is 5.91 Å². The number of hydrogen-bond acceptors (Lipinski definition) is 4. The van der Waals surface area contributed by atoms with Crippen molar-refractivity contribution in [2.45, 2.75) is 32.7 Å². The summed E-state index contributed by atoms with van der Waals surface area (Å²) < 4.78 is 1.83. The highest BCUT2D eigenvalue weighted by Crippen LogP contribution is 2.25. The molecule has 1 saturated heterocycles. The number of aryl methyl sites for hydroxylation is 2. The molecule has 1 atom stereocenters. The molecular weight excluding hydrogens is 280 g/mol. The molecule has 1 fully saturated rings. The van der Waals surface area contributed by atoms with Crippen LogP contribution in [0, 0.1) is 13.8 Å². The first-order chi connectivity index (χ1) is 10.6. The summed E-state index contributed by atoms with van der Waals surface area (Å²) in [4.78, 5) is 12.3. The number of H-pyrrole nitrogens is 1. The summed E-state index contributed by atoms with van der Waals surface area (Å²) >= 11 is 0. The van der Waals surface area contributed by atoms with E-state index < -0.39 is 0 Å². The summed E-state index contributed by atoms with van der Waals surface area (Å²) in [5.41, 5.74) is 4.18. The highest BCUT2D eigenvalue weighted by Gasteiger charge is 2.20. The third-order valence-corrected chi connectivity index (χ3v) is 4.22. The van der Waals surface area contributed by atoms with E-state index in [4.69, 9.17) is 0 Å². The van der Waals surface area contributed by atoms with Gasteiger partial charge in [0.1, 0.15) is 5.69 Å². The molecule has 22 heavy (non-hydrogen) atoms. The molecule has 0 spiro atoms. The zero-order chi connectivity index (χ0) is 15.7. The maximum atomic E-state index is 12.3. The van der Waals surface area contributed by atoms with Gasteiger partial charge in [-0.1, -0.05) is 0 Å². The van der Waals surface area contributed by atoms with E-state index >= 15 is 0 Å². The molecule has 1 aliphatic rings. The van der Waals surface area contributed by atoms with Crippen LogP contribution in [0.25, 0.3) is 11.3 Å². The van der Waals surface area contributed by atoms with Gasteiger partial charge in [-0.3, -0.25) is 14.6 Å². The molecular formula is C15H22N6O. The van der Waals surface area contributed by atoms with E-state index in [2.05, 4.69) is 25.9 Å². The van der Waals surface area contributed by atoms with Gasteiger partial charge in [-0.05, 0) is 39.3 Å². The number of amides is 1. The molecule has 0 saturated carbocycles. The SMILES string of the molecule is Cc1nn(C)c(C)c1-c1cc(C(=O)N[C@H]2CCCNC2)[nH]n1. The Morgan fingerprint density at radius 3 is 2.91 bits per heavy atom. The van der Waals surface area contributed by atoms with Gasteiger partial charge in [-0.15, -0.1) is 0 Å². The number of nitrogens with one attached hydrogen (secondary N) is 3. The maximum absolute atomic E-state index is 12.3. The number of carbonyl (C=O) groups excluding carboxylic acids is 1. The van der Waals surface area contributed by atoms with Gasteiger partial charge < -0.3 is 10.6 Å². The fourth-order valence-corrected chi connectivity index (χ4v) is 2.95. The van der Waals surface area contributed by atoms with E-state index in [0.717, 1.165) is 48.6 Å². The quantitative estimate of drug-likeness (QED) is 0.786. The Morgan fingerprint density at radius 2 is 2.27 bits per heavy atom. The van der Waals surface area contributed by atoms with E-state index in [9.17, 15) is 4.79 Å². The van der Waals surface area contributed by atoms with E-state index in [-0.39, 0.29) is 11.9 Å². The van der Waals surface area contributed by atoms with Crippen molar-refractivity contribution in [1.29, 1.82) is 0 Å². The normalized spacial score (nSPS) is 18.4. The summed E-state index contributed by atoms with van der Waals surface area (Å²) in [6.07, 6.45) is 2.10. The van der Waals surface area contributed by atoms with Crippen molar-refractivity contribution in [2.24, 2.45) is 7.05 Å². The van der Waals surface area contributed by atoms with E-state index in [1.165, 1.54) is 0 Å². The lowest BCUT2D eigenvalue weighted by molar-refractivity contribution is 0.0925. The highest BCUT2D eigenvalue weighted by molar-refractivity contribution is 5.93. The van der Waals surface area contributed by atoms with Crippen molar-refractivity contribution in [2.75, 3.05) is 13.1 Å². The summed E-state index contributed by atoms with van der Waals surface area (Å²) in [6, 6.07) is 1.98. The zero-order valence-corrected chi connectivity index (χ0v) is 13.2. The molecule has 0 unspecified atom stereocenters. The van der Waals surface area contributed by atoms with Crippen molar-refractivity contribution in [3.05, 3.63) is 23.1 Å². The van der Waals surface area contributed by atoms with E-state index in [1.54, 1.807) is 6.07 Å². The predicted molar refractivity (Wildman–Crippen MR) is 83.6 cm³/mol. The Kier molecular flexibility index (Phi) is 3.98. The summed E-state index contributed by atoms with van der Waals surface area (Å²) in [7, 11) is 1.90. The Bertz CT molecular complexity index is 680. The van der Waals surface area contributed by atoms with Crippen LogP contribution in [0.15, 0.2) is 6.07 Å². The second-order valence-electron chi connectivity index (χ2n) is 5.85. The second kappa shape index (κ2) is 5.92. The monoisotopic (exact) mass is 302 g/mol. The van der Waals surface area contributed by atoms with Crippen molar-refractivity contribution in [1.82, 2.24) is 30.6 Å². The van der Waals surface area contributed by atoms with Crippen LogP contribution in [-0.2, 0) is 7.05 Å². The molecule has 3 heterocycles. The minimum Gasteiger partial charge on any atom is -0.347 e. The van der Waals surface area contributed by atoms with Gasteiger partial charge in [-0.2, -0.15) is 10.2 Å². The van der Waals surface area contributed by atoms with Crippen LogP contribution in [0.2, 0.25) is 0 Å². The van der Waals surface area contributed by atoms with Crippen LogP contribution in [0.1, 0.15) is 34.7 Å². The first-order valence-corrected chi connectivity index (χ1v) is 7.64. The number of carbonyl (C=O) groups is 1. The van der Waals surface area contributed by atoms with Gasteiger partial charge in [0.25, 0.3) is 5.91 Å². The highest BCUT2D eigenvalue weighted by atomic mass is 16.2. The molecule has 3 rings (SSSR count). The smallest absolute Gasteiger partial charge is 0.269 e. The number of nitrogens with zero attached hydrogens (tertiary/aromatic N) is 3. The lowest BCUT2D eigenvalue weighted by Gasteiger charge is -2.23. The predicted octanol–water partition coefficient (Wildman–Crippen LogP) is 0.909. The Hall–Kier alpha value is -2.15. The second-order valence-corrected chi connectivity index (χ2v) is 5.85. The number of hydrogen-bond donors (Lipinski definition) is 3. The van der Waals surface area contributed by atoms with E-state index in [0.29, 0.717) is 5.69 Å². The molecule has 7 nitrogen and oxygen atoms in total. The van der Waals surface area contributed by atoms with E-state index in [1.807, 2.05) is 25.6 Å². The van der Waals surface area contributed by atoms with Crippen molar-refractivity contribution in [3.63, 3.8) is 0 Å². The van der Waals surface area contributed by atoms with Crippen LogP contribution in [0.4, 0.5) is 0 Å². The Balaban J connectivity index is 1.77. The molecule has 1 aliphatic heterocycles. The summed E-state index contributed by atoms with van der Waals surface area (Å²) in [5, 5.41) is 17.8. The molecule has 2 aromatic rings. The molecule has 0 aromatic carbocycles. The fraction of sp³-hybridized carbons (Fsp3) is 0.533. The lowest BCUT2D eigenvalue weighted by atomic mass is 10.1. The average molecular weight is 302 g/mol. The fourth-order valence-electron chi connectivity index (χ4n) is 2.95. The van der Waals surface area contributed by atoms with Gasteiger partial charge >= 0.3 is 0 Å². The van der Waals surface area contributed by atoms with Crippen molar-refractivity contribution in [3.8, 4) is 11.3 Å². The largest absolute Gasteiger partial charge is 0.347 e. The van der Waals surface area contributed by atoms with Crippen LogP contribution in [-0.4, -0.2) is 45.0 Å². The van der Waals surface area contributed by atoms with Crippen molar-refractivity contribution < 1.29 is 4.79 Å². The molecule has 3 N–H and O–H groups in total.